The Labute approximate surface area is 118 Å². The highest BCUT2D eigenvalue weighted by Crippen LogP contribution is 2.21. The van der Waals surface area contributed by atoms with Crippen LogP contribution < -0.4 is 10.5 Å². The largest absolute Gasteiger partial charge is 0.381 e. The molecule has 1 aromatic carbocycles. The van der Waals surface area contributed by atoms with E-state index in [1.807, 2.05) is 0 Å². The van der Waals surface area contributed by atoms with Crippen LogP contribution in [-0.2, 0) is 21.3 Å². The molecule has 0 aliphatic carbocycles. The highest BCUT2D eigenvalue weighted by Gasteiger charge is 2.22. The number of rotatable bonds is 4. The Bertz CT molecular complexity index is 542. The van der Waals surface area contributed by atoms with Crippen molar-refractivity contribution in [1.82, 2.24) is 4.72 Å². The van der Waals surface area contributed by atoms with E-state index in [2.05, 4.69) is 4.72 Å². The van der Waals surface area contributed by atoms with Gasteiger partial charge >= 0.3 is 0 Å². The second kappa shape index (κ2) is 6.19. The molecule has 1 aromatic rings. The van der Waals surface area contributed by atoms with E-state index in [4.69, 9.17) is 22.1 Å². The number of sulfonamides is 1. The lowest BCUT2D eigenvalue weighted by Crippen LogP contribution is -2.38. The normalized spacial score (nSPS) is 17.6. The van der Waals surface area contributed by atoms with Gasteiger partial charge in [-0.2, -0.15) is 0 Å². The third-order valence-electron chi connectivity index (χ3n) is 3.09. The molecule has 0 amide bonds. The fraction of sp³-hybridized carbons (Fsp3) is 0.500. The molecule has 0 aromatic heterocycles. The summed E-state index contributed by atoms with van der Waals surface area (Å²) >= 11 is 5.93. The summed E-state index contributed by atoms with van der Waals surface area (Å²) in [5.74, 6) is 0. The van der Waals surface area contributed by atoms with Crippen LogP contribution in [0.4, 0.5) is 0 Å². The maximum absolute atomic E-state index is 12.2. The molecule has 7 heteroatoms. The number of benzene rings is 1. The van der Waals surface area contributed by atoms with Crippen LogP contribution in [0.15, 0.2) is 23.1 Å². The van der Waals surface area contributed by atoms with Crippen molar-refractivity contribution in [3.05, 3.63) is 28.8 Å². The SMILES string of the molecule is NCc1cc(S(=O)(=O)NC2CCOCC2)ccc1Cl. The fourth-order valence-corrected chi connectivity index (χ4v) is 3.53. The number of nitrogens with one attached hydrogen (secondary N) is 1. The van der Waals surface area contributed by atoms with Gasteiger partial charge in [0, 0.05) is 30.8 Å². The molecule has 0 unspecified atom stereocenters. The Balaban J connectivity index is 2.18. The van der Waals surface area contributed by atoms with Gasteiger partial charge in [-0.15, -0.1) is 0 Å². The van der Waals surface area contributed by atoms with Crippen molar-refractivity contribution >= 4 is 21.6 Å². The van der Waals surface area contributed by atoms with Crippen molar-refractivity contribution in [2.24, 2.45) is 5.73 Å². The molecular formula is C12H17ClN2O3S. The highest BCUT2D eigenvalue weighted by atomic mass is 35.5. The minimum absolute atomic E-state index is 0.0734. The summed E-state index contributed by atoms with van der Waals surface area (Å²) in [7, 11) is -3.53. The minimum atomic E-state index is -3.53. The summed E-state index contributed by atoms with van der Waals surface area (Å²) in [6, 6.07) is 4.49. The Hall–Kier alpha value is -0.660. The molecule has 3 N–H and O–H groups in total. The van der Waals surface area contributed by atoms with Gasteiger partial charge in [-0.25, -0.2) is 13.1 Å². The second-order valence-corrected chi connectivity index (χ2v) is 6.59. The zero-order valence-electron chi connectivity index (χ0n) is 10.4. The molecular weight excluding hydrogens is 288 g/mol. The van der Waals surface area contributed by atoms with E-state index in [0.29, 0.717) is 36.6 Å². The van der Waals surface area contributed by atoms with Gasteiger partial charge in [-0.3, -0.25) is 0 Å². The van der Waals surface area contributed by atoms with Gasteiger partial charge in [0.1, 0.15) is 0 Å². The van der Waals surface area contributed by atoms with E-state index in [9.17, 15) is 8.42 Å². The molecule has 0 spiro atoms. The second-order valence-electron chi connectivity index (χ2n) is 4.47. The standard InChI is InChI=1S/C12H17ClN2O3S/c13-12-2-1-11(7-9(12)8-14)19(16,17)15-10-3-5-18-6-4-10/h1-2,7,10,15H,3-6,8,14H2. The molecule has 1 fully saturated rings. The van der Waals surface area contributed by atoms with Gasteiger partial charge in [0.15, 0.2) is 0 Å². The Morgan fingerprint density at radius 1 is 1.37 bits per heavy atom. The molecule has 0 saturated carbocycles. The summed E-state index contributed by atoms with van der Waals surface area (Å²) in [5, 5.41) is 0.479. The van der Waals surface area contributed by atoms with Crippen LogP contribution in [0.3, 0.4) is 0 Å². The van der Waals surface area contributed by atoms with Crippen LogP contribution >= 0.6 is 11.6 Å². The Morgan fingerprint density at radius 2 is 2.05 bits per heavy atom. The highest BCUT2D eigenvalue weighted by molar-refractivity contribution is 7.89. The average molecular weight is 305 g/mol. The maximum atomic E-state index is 12.2. The van der Waals surface area contributed by atoms with Crippen molar-refractivity contribution in [2.75, 3.05) is 13.2 Å². The van der Waals surface area contributed by atoms with Crippen LogP contribution in [0.5, 0.6) is 0 Å². The summed E-state index contributed by atoms with van der Waals surface area (Å²) in [6.07, 6.45) is 1.38. The predicted molar refractivity (Wildman–Crippen MR) is 73.5 cm³/mol. The van der Waals surface area contributed by atoms with Gasteiger partial charge < -0.3 is 10.5 Å². The van der Waals surface area contributed by atoms with E-state index in [-0.39, 0.29) is 17.5 Å². The smallest absolute Gasteiger partial charge is 0.240 e. The Kier molecular flexibility index (Phi) is 4.81. The number of hydrogen-bond acceptors (Lipinski definition) is 4. The molecule has 1 heterocycles. The number of nitrogens with two attached hydrogens (primary N) is 1. The maximum Gasteiger partial charge on any atom is 0.240 e. The lowest BCUT2D eigenvalue weighted by molar-refractivity contribution is 0.0832. The van der Waals surface area contributed by atoms with E-state index in [0.717, 1.165) is 0 Å². The molecule has 1 saturated heterocycles. The molecule has 2 rings (SSSR count). The van der Waals surface area contributed by atoms with Gasteiger partial charge in [-0.05, 0) is 36.6 Å². The molecule has 106 valence electrons. The van der Waals surface area contributed by atoms with Crippen LogP contribution in [0.2, 0.25) is 5.02 Å². The summed E-state index contributed by atoms with van der Waals surface area (Å²) in [4.78, 5) is 0.198. The third-order valence-corrected chi connectivity index (χ3v) is 4.98. The summed E-state index contributed by atoms with van der Waals surface area (Å²) in [6.45, 7) is 1.38. The quantitative estimate of drug-likeness (QED) is 0.877. The van der Waals surface area contributed by atoms with Gasteiger partial charge in [0.05, 0.1) is 4.90 Å². The van der Waals surface area contributed by atoms with E-state index < -0.39 is 10.0 Å². The van der Waals surface area contributed by atoms with Gasteiger partial charge in [-0.1, -0.05) is 11.6 Å². The van der Waals surface area contributed by atoms with Crippen molar-refractivity contribution in [1.29, 1.82) is 0 Å². The van der Waals surface area contributed by atoms with E-state index in [1.165, 1.54) is 12.1 Å². The van der Waals surface area contributed by atoms with Gasteiger partial charge in [0.2, 0.25) is 10.0 Å². The van der Waals surface area contributed by atoms with Crippen LogP contribution in [0.25, 0.3) is 0 Å². The topological polar surface area (TPSA) is 81.4 Å². The zero-order valence-corrected chi connectivity index (χ0v) is 12.0. The van der Waals surface area contributed by atoms with Gasteiger partial charge in [0.25, 0.3) is 0 Å². The minimum Gasteiger partial charge on any atom is -0.381 e. The monoisotopic (exact) mass is 304 g/mol. The summed E-state index contributed by atoms with van der Waals surface area (Å²) < 4.78 is 32.4. The Morgan fingerprint density at radius 3 is 2.68 bits per heavy atom. The number of ether oxygens (including phenoxy) is 1. The van der Waals surface area contributed by atoms with Crippen LogP contribution in [-0.4, -0.2) is 27.7 Å². The molecule has 0 atom stereocenters. The third kappa shape index (κ3) is 3.67. The first-order chi connectivity index (χ1) is 9.03. The number of halogens is 1. The summed E-state index contributed by atoms with van der Waals surface area (Å²) in [5.41, 5.74) is 6.15. The molecule has 5 nitrogen and oxygen atoms in total. The molecule has 19 heavy (non-hydrogen) atoms. The first-order valence-electron chi connectivity index (χ1n) is 6.11. The lowest BCUT2D eigenvalue weighted by atomic mass is 10.1. The molecule has 0 bridgehead atoms. The lowest BCUT2D eigenvalue weighted by Gasteiger charge is -2.23. The molecule has 0 radical (unpaired) electrons. The molecule has 1 aliphatic rings. The molecule has 1 aliphatic heterocycles. The average Bonchev–Trinajstić information content (AvgIpc) is 2.39. The van der Waals surface area contributed by atoms with E-state index in [1.54, 1.807) is 6.07 Å². The first kappa shape index (κ1) is 14.7. The van der Waals surface area contributed by atoms with Crippen molar-refractivity contribution in [3.63, 3.8) is 0 Å². The van der Waals surface area contributed by atoms with E-state index >= 15 is 0 Å². The van der Waals surface area contributed by atoms with Crippen molar-refractivity contribution in [3.8, 4) is 0 Å². The fourth-order valence-electron chi connectivity index (χ4n) is 1.98. The predicted octanol–water partition coefficient (Wildman–Crippen LogP) is 1.26. The van der Waals surface area contributed by atoms with Crippen molar-refractivity contribution < 1.29 is 13.2 Å². The number of hydrogen-bond donors (Lipinski definition) is 2. The van der Waals surface area contributed by atoms with Crippen LogP contribution in [0, 0.1) is 0 Å². The van der Waals surface area contributed by atoms with Crippen molar-refractivity contribution in [2.45, 2.75) is 30.3 Å². The first-order valence-corrected chi connectivity index (χ1v) is 7.97. The van der Waals surface area contributed by atoms with Crippen LogP contribution in [0.1, 0.15) is 18.4 Å². The zero-order chi connectivity index (χ0) is 13.9.